The molecule has 0 amide bonds. The van der Waals surface area contributed by atoms with Crippen molar-refractivity contribution in [3.63, 3.8) is 0 Å². The Morgan fingerprint density at radius 2 is 2.11 bits per heavy atom. The lowest BCUT2D eigenvalue weighted by atomic mass is 9.90. The molecule has 19 heavy (non-hydrogen) atoms. The Morgan fingerprint density at radius 1 is 1.26 bits per heavy atom. The molecule has 1 aliphatic heterocycles. The van der Waals surface area contributed by atoms with Gasteiger partial charge in [0.05, 0.1) is 0 Å². The molecular formula is C16H17NO2. The number of aldehydes is 1. The van der Waals surface area contributed by atoms with Crippen LogP contribution in [0.1, 0.15) is 24.8 Å². The largest absolute Gasteiger partial charge is 0.456 e. The van der Waals surface area contributed by atoms with Gasteiger partial charge in [-0.05, 0) is 43.0 Å². The molecule has 1 aromatic rings. The number of ether oxygens (including phenoxy) is 1. The molecule has 0 radical (unpaired) electrons. The summed E-state index contributed by atoms with van der Waals surface area (Å²) in [4.78, 5) is 13.2. The van der Waals surface area contributed by atoms with Crippen molar-refractivity contribution < 1.29 is 9.53 Å². The van der Waals surface area contributed by atoms with Crippen LogP contribution in [-0.2, 0) is 4.79 Å². The summed E-state index contributed by atoms with van der Waals surface area (Å²) in [7, 11) is 4.01. The van der Waals surface area contributed by atoms with Gasteiger partial charge in [-0.2, -0.15) is 0 Å². The van der Waals surface area contributed by atoms with Gasteiger partial charge in [0, 0.05) is 37.0 Å². The Bertz CT molecular complexity index is 597. The average molecular weight is 255 g/mol. The van der Waals surface area contributed by atoms with Crippen molar-refractivity contribution in [2.24, 2.45) is 0 Å². The Hall–Kier alpha value is -2.03. The number of rotatable bonds is 2. The number of fused-ring (bicyclic) bond motifs is 2. The highest BCUT2D eigenvalue weighted by atomic mass is 16.5. The van der Waals surface area contributed by atoms with Crippen LogP contribution in [0.15, 0.2) is 35.1 Å². The summed E-state index contributed by atoms with van der Waals surface area (Å²) < 4.78 is 5.98. The monoisotopic (exact) mass is 255 g/mol. The molecule has 0 atom stereocenters. The van der Waals surface area contributed by atoms with Gasteiger partial charge in [-0.1, -0.05) is 0 Å². The maximum absolute atomic E-state index is 11.1. The van der Waals surface area contributed by atoms with E-state index in [0.717, 1.165) is 59.5 Å². The van der Waals surface area contributed by atoms with Gasteiger partial charge in [0.2, 0.25) is 0 Å². The zero-order chi connectivity index (χ0) is 13.4. The molecule has 3 heteroatoms. The van der Waals surface area contributed by atoms with Gasteiger partial charge in [0.15, 0.2) is 0 Å². The predicted octanol–water partition coefficient (Wildman–Crippen LogP) is 3.17. The minimum atomic E-state index is 0.782. The lowest BCUT2D eigenvalue weighted by Gasteiger charge is -2.26. The Kier molecular flexibility index (Phi) is 2.90. The molecule has 0 aromatic heterocycles. The van der Waals surface area contributed by atoms with Gasteiger partial charge < -0.3 is 9.64 Å². The van der Waals surface area contributed by atoms with Crippen LogP contribution in [0, 0.1) is 0 Å². The van der Waals surface area contributed by atoms with E-state index in [2.05, 4.69) is 18.2 Å². The molecule has 0 fully saturated rings. The van der Waals surface area contributed by atoms with Crippen molar-refractivity contribution in [1.29, 1.82) is 0 Å². The molecule has 3 nitrogen and oxygen atoms in total. The van der Waals surface area contributed by atoms with E-state index in [4.69, 9.17) is 4.74 Å². The maximum atomic E-state index is 11.1. The van der Waals surface area contributed by atoms with Gasteiger partial charge in [-0.25, -0.2) is 0 Å². The average Bonchev–Trinajstić information content (AvgIpc) is 2.43. The molecule has 0 N–H and O–H groups in total. The highest BCUT2D eigenvalue weighted by molar-refractivity contribution is 5.80. The van der Waals surface area contributed by atoms with E-state index in [-0.39, 0.29) is 0 Å². The number of carbonyl (C=O) groups excluding carboxylic acids is 1. The summed E-state index contributed by atoms with van der Waals surface area (Å²) >= 11 is 0. The quantitative estimate of drug-likeness (QED) is 0.760. The van der Waals surface area contributed by atoms with Crippen molar-refractivity contribution in [3.05, 3.63) is 40.7 Å². The van der Waals surface area contributed by atoms with E-state index in [1.165, 1.54) is 0 Å². The molecule has 0 saturated heterocycles. The molecule has 0 unspecified atom stereocenters. The summed E-state index contributed by atoms with van der Waals surface area (Å²) in [5.74, 6) is 1.62. The van der Waals surface area contributed by atoms with Gasteiger partial charge in [0.25, 0.3) is 0 Å². The SMILES string of the molecule is CN(C)c1ccc2c(c1)OC1=C(C=O)CCCC1=C2. The first-order chi connectivity index (χ1) is 9.19. The topological polar surface area (TPSA) is 29.5 Å². The second-order valence-electron chi connectivity index (χ2n) is 5.21. The summed E-state index contributed by atoms with van der Waals surface area (Å²) in [6.07, 6.45) is 5.91. The van der Waals surface area contributed by atoms with E-state index >= 15 is 0 Å². The molecule has 0 spiro atoms. The van der Waals surface area contributed by atoms with Crippen molar-refractivity contribution in [2.45, 2.75) is 19.3 Å². The molecule has 1 heterocycles. The first-order valence-corrected chi connectivity index (χ1v) is 6.57. The smallest absolute Gasteiger partial charge is 0.149 e. The van der Waals surface area contributed by atoms with E-state index in [9.17, 15) is 4.79 Å². The van der Waals surface area contributed by atoms with E-state index in [1.807, 2.05) is 25.1 Å². The molecular weight excluding hydrogens is 238 g/mol. The zero-order valence-corrected chi connectivity index (χ0v) is 11.3. The van der Waals surface area contributed by atoms with E-state index in [1.54, 1.807) is 0 Å². The summed E-state index contributed by atoms with van der Waals surface area (Å²) in [6, 6.07) is 6.17. The first-order valence-electron chi connectivity index (χ1n) is 6.57. The minimum Gasteiger partial charge on any atom is -0.456 e. The Morgan fingerprint density at radius 3 is 2.84 bits per heavy atom. The molecule has 3 rings (SSSR count). The third kappa shape index (κ3) is 2.05. The van der Waals surface area contributed by atoms with E-state index in [0.29, 0.717) is 0 Å². The number of hydrogen-bond acceptors (Lipinski definition) is 3. The van der Waals surface area contributed by atoms with E-state index < -0.39 is 0 Å². The maximum Gasteiger partial charge on any atom is 0.149 e. The van der Waals surface area contributed by atoms with Crippen molar-refractivity contribution in [3.8, 4) is 5.75 Å². The number of nitrogens with zero attached hydrogens (tertiary/aromatic N) is 1. The van der Waals surface area contributed by atoms with Crippen molar-refractivity contribution >= 4 is 18.0 Å². The molecule has 1 aliphatic carbocycles. The number of hydrogen-bond donors (Lipinski definition) is 0. The fourth-order valence-electron chi connectivity index (χ4n) is 2.59. The summed E-state index contributed by atoms with van der Waals surface area (Å²) in [5, 5.41) is 0. The fraction of sp³-hybridized carbons (Fsp3) is 0.312. The van der Waals surface area contributed by atoms with Crippen LogP contribution in [0.2, 0.25) is 0 Å². The van der Waals surface area contributed by atoms with Gasteiger partial charge in [-0.15, -0.1) is 0 Å². The second kappa shape index (κ2) is 4.57. The van der Waals surface area contributed by atoms with Crippen LogP contribution >= 0.6 is 0 Å². The number of benzene rings is 1. The lowest BCUT2D eigenvalue weighted by Crippen LogP contribution is -2.14. The Labute approximate surface area is 113 Å². The van der Waals surface area contributed by atoms with Crippen LogP contribution in [0.25, 0.3) is 6.08 Å². The van der Waals surface area contributed by atoms with Crippen LogP contribution in [0.3, 0.4) is 0 Å². The first kappa shape index (κ1) is 12.0. The number of allylic oxidation sites excluding steroid dienone is 2. The summed E-state index contributed by atoms with van der Waals surface area (Å²) in [5.41, 5.74) is 4.13. The van der Waals surface area contributed by atoms with Gasteiger partial charge in [-0.3, -0.25) is 4.79 Å². The molecule has 1 aromatic carbocycles. The molecule has 2 aliphatic rings. The Balaban J connectivity index is 2.09. The zero-order valence-electron chi connectivity index (χ0n) is 11.3. The van der Waals surface area contributed by atoms with Crippen molar-refractivity contribution in [1.82, 2.24) is 0 Å². The van der Waals surface area contributed by atoms with Gasteiger partial charge in [0.1, 0.15) is 17.8 Å². The highest BCUT2D eigenvalue weighted by Crippen LogP contribution is 2.39. The van der Waals surface area contributed by atoms with Crippen molar-refractivity contribution in [2.75, 3.05) is 19.0 Å². The van der Waals surface area contributed by atoms with Crippen LogP contribution in [-0.4, -0.2) is 20.4 Å². The predicted molar refractivity (Wildman–Crippen MR) is 76.3 cm³/mol. The van der Waals surface area contributed by atoms with Crippen LogP contribution in [0.4, 0.5) is 5.69 Å². The molecule has 0 bridgehead atoms. The number of carbonyl (C=O) groups is 1. The number of anilines is 1. The van der Waals surface area contributed by atoms with Crippen LogP contribution in [0.5, 0.6) is 5.75 Å². The minimum absolute atomic E-state index is 0.782. The highest BCUT2D eigenvalue weighted by Gasteiger charge is 2.24. The summed E-state index contributed by atoms with van der Waals surface area (Å²) in [6.45, 7) is 0. The van der Waals surface area contributed by atoms with Crippen LogP contribution < -0.4 is 9.64 Å². The van der Waals surface area contributed by atoms with Gasteiger partial charge >= 0.3 is 0 Å². The standard InChI is InChI=1S/C16H17NO2/c1-17(2)14-7-6-11-8-12-4-3-5-13(10-18)16(12)19-15(11)9-14/h6-10H,3-5H2,1-2H3. The fourth-order valence-corrected chi connectivity index (χ4v) is 2.59. The lowest BCUT2D eigenvalue weighted by molar-refractivity contribution is -0.105. The molecule has 98 valence electrons. The second-order valence-corrected chi connectivity index (χ2v) is 5.21. The third-order valence-corrected chi connectivity index (χ3v) is 3.67. The molecule has 0 saturated carbocycles. The normalized spacial score (nSPS) is 17.1. The third-order valence-electron chi connectivity index (χ3n) is 3.67.